The molecule has 47 heavy (non-hydrogen) atoms. The summed E-state index contributed by atoms with van der Waals surface area (Å²) in [7, 11) is 0. The van der Waals surface area contributed by atoms with Gasteiger partial charge in [0.15, 0.2) is 0 Å². The van der Waals surface area contributed by atoms with E-state index < -0.39 is 0 Å². The molecule has 0 radical (unpaired) electrons. The molecule has 0 fully saturated rings. The van der Waals surface area contributed by atoms with Gasteiger partial charge in [0.2, 0.25) is 0 Å². The standard InChI is InChI=1S/C42H24ClN3O/c43-40-28-11-2-1-10-26(28)24-35-39(40)29-12-3-7-17-34(29)46(35)27-22-20-25(21-23-27)41-42(45-33-16-6-5-15-32(33)44-41)31-14-9-19-37-38(31)30-13-4-8-18-36(30)47-37/h1-24H. The van der Waals surface area contributed by atoms with Crippen molar-refractivity contribution in [1.29, 1.82) is 0 Å². The molecule has 0 saturated carbocycles. The van der Waals surface area contributed by atoms with Crippen LogP contribution in [0, 0.1) is 0 Å². The van der Waals surface area contributed by atoms with Crippen molar-refractivity contribution in [2.45, 2.75) is 0 Å². The molecule has 0 aliphatic carbocycles. The third-order valence-electron chi connectivity index (χ3n) is 9.25. The molecule has 0 unspecified atom stereocenters. The Bertz CT molecular complexity index is 2860. The summed E-state index contributed by atoms with van der Waals surface area (Å²) in [6.45, 7) is 0. The Balaban J connectivity index is 1.20. The molecule has 5 heteroatoms. The molecule has 10 rings (SSSR count). The maximum atomic E-state index is 7.12. The first-order valence-corrected chi connectivity index (χ1v) is 16.0. The molecule has 0 atom stereocenters. The van der Waals surface area contributed by atoms with Crippen LogP contribution in [0.1, 0.15) is 0 Å². The number of hydrogen-bond acceptors (Lipinski definition) is 3. The summed E-state index contributed by atoms with van der Waals surface area (Å²) in [4.78, 5) is 10.4. The monoisotopic (exact) mass is 621 g/mol. The molecule has 4 nitrogen and oxygen atoms in total. The quantitative estimate of drug-likeness (QED) is 0.197. The van der Waals surface area contributed by atoms with Crippen LogP contribution in [0.2, 0.25) is 5.02 Å². The highest BCUT2D eigenvalue weighted by Gasteiger charge is 2.20. The van der Waals surface area contributed by atoms with Crippen LogP contribution in [-0.2, 0) is 0 Å². The van der Waals surface area contributed by atoms with E-state index >= 15 is 0 Å². The van der Waals surface area contributed by atoms with Gasteiger partial charge in [0.05, 0.1) is 38.5 Å². The topological polar surface area (TPSA) is 43.9 Å². The maximum absolute atomic E-state index is 7.12. The Morgan fingerprint density at radius 1 is 0.511 bits per heavy atom. The van der Waals surface area contributed by atoms with Gasteiger partial charge in [-0.2, -0.15) is 0 Å². The minimum absolute atomic E-state index is 0.779. The van der Waals surface area contributed by atoms with Gasteiger partial charge in [0, 0.05) is 43.7 Å². The Morgan fingerprint density at radius 2 is 1.17 bits per heavy atom. The Hall–Kier alpha value is -5.97. The van der Waals surface area contributed by atoms with Crippen molar-refractivity contribution in [3.8, 4) is 28.2 Å². The van der Waals surface area contributed by atoms with Crippen LogP contribution in [0.5, 0.6) is 0 Å². The van der Waals surface area contributed by atoms with Gasteiger partial charge in [-0.25, -0.2) is 9.97 Å². The first-order chi connectivity index (χ1) is 23.2. The minimum Gasteiger partial charge on any atom is -0.456 e. The fraction of sp³-hybridized carbons (Fsp3) is 0. The van der Waals surface area contributed by atoms with E-state index in [-0.39, 0.29) is 0 Å². The molecular weight excluding hydrogens is 598 g/mol. The molecule has 3 aromatic heterocycles. The molecule has 0 amide bonds. The van der Waals surface area contributed by atoms with E-state index in [0.29, 0.717) is 0 Å². The van der Waals surface area contributed by atoms with Crippen LogP contribution in [-0.4, -0.2) is 14.5 Å². The van der Waals surface area contributed by atoms with Gasteiger partial charge in [-0.05, 0) is 53.9 Å². The second kappa shape index (κ2) is 10.0. The number of benzene rings is 7. The van der Waals surface area contributed by atoms with Crippen LogP contribution in [0.3, 0.4) is 0 Å². The number of furan rings is 1. The number of nitrogens with zero attached hydrogens (tertiary/aromatic N) is 3. The van der Waals surface area contributed by atoms with Gasteiger partial charge < -0.3 is 8.98 Å². The zero-order valence-electron chi connectivity index (χ0n) is 25.0. The Morgan fingerprint density at radius 3 is 2.00 bits per heavy atom. The van der Waals surface area contributed by atoms with Crippen molar-refractivity contribution in [3.63, 3.8) is 0 Å². The van der Waals surface area contributed by atoms with Gasteiger partial charge in [0.1, 0.15) is 11.2 Å². The molecule has 0 aliphatic rings. The van der Waals surface area contributed by atoms with E-state index in [9.17, 15) is 0 Å². The van der Waals surface area contributed by atoms with Crippen LogP contribution < -0.4 is 0 Å². The lowest BCUT2D eigenvalue weighted by Crippen LogP contribution is -1.97. The average molecular weight is 622 g/mol. The van der Waals surface area contributed by atoms with E-state index in [1.807, 2.05) is 60.7 Å². The van der Waals surface area contributed by atoms with Gasteiger partial charge >= 0.3 is 0 Å². The molecule has 3 heterocycles. The SMILES string of the molecule is Clc1c2ccccc2cc2c1c1ccccc1n2-c1ccc(-c2nc3ccccc3nc2-c2cccc3oc4ccccc4c23)cc1. The summed E-state index contributed by atoms with van der Waals surface area (Å²) in [5.74, 6) is 0. The summed E-state index contributed by atoms with van der Waals surface area (Å²) in [6, 6.07) is 50.0. The van der Waals surface area contributed by atoms with Crippen molar-refractivity contribution in [2.24, 2.45) is 0 Å². The second-order valence-corrected chi connectivity index (χ2v) is 12.3. The summed E-state index contributed by atoms with van der Waals surface area (Å²) < 4.78 is 8.55. The van der Waals surface area contributed by atoms with Crippen molar-refractivity contribution in [1.82, 2.24) is 14.5 Å². The van der Waals surface area contributed by atoms with Crippen molar-refractivity contribution in [3.05, 3.63) is 151 Å². The van der Waals surface area contributed by atoms with E-state index in [0.717, 1.165) is 98.8 Å². The summed E-state index contributed by atoms with van der Waals surface area (Å²) >= 11 is 7.12. The van der Waals surface area contributed by atoms with E-state index in [1.54, 1.807) is 0 Å². The lowest BCUT2D eigenvalue weighted by Gasteiger charge is -2.13. The smallest absolute Gasteiger partial charge is 0.136 e. The zero-order chi connectivity index (χ0) is 31.1. The van der Waals surface area contributed by atoms with Crippen LogP contribution in [0.25, 0.3) is 93.8 Å². The normalized spacial score (nSPS) is 11.9. The summed E-state index contributed by atoms with van der Waals surface area (Å²) in [6.07, 6.45) is 0. The lowest BCUT2D eigenvalue weighted by atomic mass is 9.99. The highest BCUT2D eigenvalue weighted by atomic mass is 35.5. The van der Waals surface area contributed by atoms with Gasteiger partial charge in [0.25, 0.3) is 0 Å². The Labute approximate surface area is 274 Å². The van der Waals surface area contributed by atoms with Crippen LogP contribution in [0.15, 0.2) is 150 Å². The molecule has 220 valence electrons. The fourth-order valence-electron chi connectivity index (χ4n) is 7.14. The van der Waals surface area contributed by atoms with Gasteiger partial charge in [-0.15, -0.1) is 0 Å². The number of fused-ring (bicyclic) bond motifs is 8. The zero-order valence-corrected chi connectivity index (χ0v) is 25.7. The molecule has 0 bridgehead atoms. The molecule has 0 spiro atoms. The van der Waals surface area contributed by atoms with Gasteiger partial charge in [-0.1, -0.05) is 109 Å². The predicted octanol–water partition coefficient (Wildman–Crippen LogP) is 11.8. The third-order valence-corrected chi connectivity index (χ3v) is 9.64. The number of aromatic nitrogens is 3. The minimum atomic E-state index is 0.779. The van der Waals surface area contributed by atoms with Crippen LogP contribution >= 0.6 is 11.6 Å². The first kappa shape index (κ1) is 26.3. The first-order valence-electron chi connectivity index (χ1n) is 15.6. The number of para-hydroxylation sites is 4. The van der Waals surface area contributed by atoms with Crippen molar-refractivity contribution in [2.75, 3.05) is 0 Å². The number of rotatable bonds is 3. The highest BCUT2D eigenvalue weighted by molar-refractivity contribution is 6.43. The molecule has 0 aliphatic heterocycles. The molecule has 10 aromatic rings. The third kappa shape index (κ3) is 3.89. The summed E-state index contributed by atoms with van der Waals surface area (Å²) in [5, 5.41) is 7.25. The number of hydrogen-bond donors (Lipinski definition) is 0. The summed E-state index contributed by atoms with van der Waals surface area (Å²) in [5.41, 5.74) is 10.2. The molecule has 0 saturated heterocycles. The maximum Gasteiger partial charge on any atom is 0.136 e. The van der Waals surface area contributed by atoms with Crippen molar-refractivity contribution < 1.29 is 4.42 Å². The largest absolute Gasteiger partial charge is 0.456 e. The van der Waals surface area contributed by atoms with Crippen LogP contribution in [0.4, 0.5) is 0 Å². The lowest BCUT2D eigenvalue weighted by molar-refractivity contribution is 0.669. The fourth-order valence-corrected chi connectivity index (χ4v) is 7.51. The number of halogens is 1. The molecule has 0 N–H and O–H groups in total. The van der Waals surface area contributed by atoms with E-state index in [2.05, 4.69) is 89.5 Å². The highest BCUT2D eigenvalue weighted by Crippen LogP contribution is 2.42. The Kier molecular flexibility index (Phi) is 5.60. The van der Waals surface area contributed by atoms with Gasteiger partial charge in [-0.3, -0.25) is 0 Å². The van der Waals surface area contributed by atoms with E-state index in [4.69, 9.17) is 26.0 Å². The predicted molar refractivity (Wildman–Crippen MR) is 195 cm³/mol. The van der Waals surface area contributed by atoms with E-state index in [1.165, 1.54) is 0 Å². The molecular formula is C42H24ClN3O. The molecule has 7 aromatic carbocycles. The average Bonchev–Trinajstić information content (AvgIpc) is 3.67. The van der Waals surface area contributed by atoms with Crippen molar-refractivity contribution >= 4 is 77.2 Å². The second-order valence-electron chi connectivity index (χ2n) is 11.9.